The number of hydrogen-bond donors (Lipinski definition) is 1. The molecule has 2 aliphatic rings. The van der Waals surface area contributed by atoms with Gasteiger partial charge in [-0.2, -0.15) is 0 Å². The molecule has 1 fully saturated rings. The van der Waals surface area contributed by atoms with Crippen LogP contribution in [0.4, 0.5) is 5.69 Å². The Morgan fingerprint density at radius 3 is 2.64 bits per heavy atom. The first-order chi connectivity index (χ1) is 13.5. The summed E-state index contributed by atoms with van der Waals surface area (Å²) in [4.78, 5) is 13.0. The maximum absolute atomic E-state index is 13.0. The van der Waals surface area contributed by atoms with Gasteiger partial charge in [-0.15, -0.1) is 0 Å². The van der Waals surface area contributed by atoms with Gasteiger partial charge in [0.1, 0.15) is 0 Å². The monoisotopic (exact) mass is 376 g/mol. The Morgan fingerprint density at radius 2 is 1.86 bits per heavy atom. The summed E-state index contributed by atoms with van der Waals surface area (Å²) in [7, 11) is 0. The normalized spacial score (nSPS) is 16.1. The third kappa shape index (κ3) is 2.72. The van der Waals surface area contributed by atoms with Crippen molar-refractivity contribution in [2.45, 2.75) is 32.1 Å². The molecular weight excluding hydrogens is 356 g/mol. The summed E-state index contributed by atoms with van der Waals surface area (Å²) in [6.45, 7) is 4.26. The second-order valence-corrected chi connectivity index (χ2v) is 7.50. The van der Waals surface area contributed by atoms with Crippen molar-refractivity contribution in [1.82, 2.24) is 5.16 Å². The smallest absolute Gasteiger partial charge is 0.236 e. The van der Waals surface area contributed by atoms with Gasteiger partial charge in [-0.3, -0.25) is 4.79 Å². The summed E-state index contributed by atoms with van der Waals surface area (Å²) in [5, 5.41) is 7.28. The van der Waals surface area contributed by atoms with E-state index in [1.165, 1.54) is 5.56 Å². The van der Waals surface area contributed by atoms with Crippen LogP contribution < -0.4 is 14.8 Å². The topological polar surface area (TPSA) is 73.6 Å². The van der Waals surface area contributed by atoms with Crippen LogP contribution in [0.1, 0.15) is 29.7 Å². The molecule has 1 N–H and O–H groups in total. The summed E-state index contributed by atoms with van der Waals surface area (Å²) in [5.74, 6) is 1.98. The SMILES string of the molecule is Cc1ccc(NC(=O)C2(c3cc(-c4ccc5c(c4)OCO5)on3)CC2)c(C)c1. The minimum atomic E-state index is -0.616. The van der Waals surface area contributed by atoms with Crippen LogP contribution in [0.15, 0.2) is 47.0 Å². The molecule has 0 bridgehead atoms. The van der Waals surface area contributed by atoms with Gasteiger partial charge >= 0.3 is 0 Å². The van der Waals surface area contributed by atoms with Crippen LogP contribution in [-0.4, -0.2) is 17.9 Å². The van der Waals surface area contributed by atoms with Gasteiger partial charge < -0.3 is 19.3 Å². The van der Waals surface area contributed by atoms with Crippen molar-refractivity contribution in [1.29, 1.82) is 0 Å². The lowest BCUT2D eigenvalue weighted by Crippen LogP contribution is -2.28. The van der Waals surface area contributed by atoms with Crippen molar-refractivity contribution >= 4 is 11.6 Å². The molecule has 2 aromatic carbocycles. The van der Waals surface area contributed by atoms with Crippen molar-refractivity contribution in [2.24, 2.45) is 0 Å². The lowest BCUT2D eigenvalue weighted by atomic mass is 9.99. The summed E-state index contributed by atoms with van der Waals surface area (Å²) < 4.78 is 16.3. The molecule has 0 atom stereocenters. The zero-order chi connectivity index (χ0) is 19.3. The van der Waals surface area contributed by atoms with Crippen molar-refractivity contribution < 1.29 is 18.8 Å². The average molecular weight is 376 g/mol. The zero-order valence-corrected chi connectivity index (χ0v) is 15.7. The number of amides is 1. The van der Waals surface area contributed by atoms with Gasteiger partial charge in [-0.05, 0) is 56.5 Å². The Labute approximate surface area is 162 Å². The molecule has 6 nitrogen and oxygen atoms in total. The van der Waals surface area contributed by atoms with Crippen LogP contribution in [0, 0.1) is 13.8 Å². The van der Waals surface area contributed by atoms with E-state index in [1.54, 1.807) is 0 Å². The van der Waals surface area contributed by atoms with Gasteiger partial charge in [0, 0.05) is 17.3 Å². The number of anilines is 1. The summed E-state index contributed by atoms with van der Waals surface area (Å²) in [6, 6.07) is 13.5. The van der Waals surface area contributed by atoms with E-state index in [4.69, 9.17) is 14.0 Å². The fourth-order valence-corrected chi connectivity index (χ4v) is 3.61. The number of aromatic nitrogens is 1. The van der Waals surface area contributed by atoms with E-state index in [-0.39, 0.29) is 12.7 Å². The van der Waals surface area contributed by atoms with E-state index in [0.717, 1.165) is 35.4 Å². The van der Waals surface area contributed by atoms with Crippen LogP contribution in [0.25, 0.3) is 11.3 Å². The molecule has 1 saturated carbocycles. The number of carbonyl (C=O) groups is 1. The van der Waals surface area contributed by atoms with Crippen molar-refractivity contribution in [3.05, 3.63) is 59.3 Å². The number of nitrogens with one attached hydrogen (secondary N) is 1. The van der Waals surface area contributed by atoms with Crippen LogP contribution in [-0.2, 0) is 10.2 Å². The highest BCUT2D eigenvalue weighted by Crippen LogP contribution is 2.49. The van der Waals surface area contributed by atoms with Crippen LogP contribution >= 0.6 is 0 Å². The second kappa shape index (κ2) is 6.12. The van der Waals surface area contributed by atoms with Crippen LogP contribution in [0.2, 0.25) is 0 Å². The molecule has 2 heterocycles. The quantitative estimate of drug-likeness (QED) is 0.732. The zero-order valence-electron chi connectivity index (χ0n) is 15.7. The Kier molecular flexibility index (Phi) is 3.69. The van der Waals surface area contributed by atoms with Crippen molar-refractivity contribution in [3.8, 4) is 22.8 Å². The highest BCUT2D eigenvalue weighted by atomic mass is 16.7. The Balaban J connectivity index is 1.39. The van der Waals surface area contributed by atoms with Crippen molar-refractivity contribution in [3.63, 3.8) is 0 Å². The van der Waals surface area contributed by atoms with E-state index >= 15 is 0 Å². The van der Waals surface area contributed by atoms with Crippen LogP contribution in [0.3, 0.4) is 0 Å². The molecule has 0 unspecified atom stereocenters. The van der Waals surface area contributed by atoms with Crippen molar-refractivity contribution in [2.75, 3.05) is 12.1 Å². The standard InChI is InChI=1S/C22H20N2O4/c1-13-3-5-16(14(2)9-13)23-21(25)22(7-8-22)20-11-18(28-24-20)15-4-6-17-19(10-15)27-12-26-17/h3-6,9-11H,7-8,12H2,1-2H3,(H,23,25). The summed E-state index contributed by atoms with van der Waals surface area (Å²) in [6.07, 6.45) is 1.52. The number of rotatable bonds is 4. The maximum atomic E-state index is 13.0. The third-order valence-corrected chi connectivity index (χ3v) is 5.47. The van der Waals surface area contributed by atoms with Gasteiger partial charge in [-0.1, -0.05) is 22.9 Å². The third-order valence-electron chi connectivity index (χ3n) is 5.47. The molecule has 0 saturated heterocycles. The lowest BCUT2D eigenvalue weighted by molar-refractivity contribution is -0.118. The van der Waals surface area contributed by atoms with Gasteiger partial charge in [0.2, 0.25) is 12.7 Å². The first-order valence-corrected chi connectivity index (χ1v) is 9.31. The largest absolute Gasteiger partial charge is 0.454 e. The maximum Gasteiger partial charge on any atom is 0.236 e. The van der Waals surface area contributed by atoms with Gasteiger partial charge in [0.15, 0.2) is 17.3 Å². The molecule has 1 aliphatic heterocycles. The Bertz CT molecular complexity index is 1080. The predicted molar refractivity (Wildman–Crippen MR) is 104 cm³/mol. The number of fused-ring (bicyclic) bond motifs is 1. The number of hydrogen-bond acceptors (Lipinski definition) is 5. The number of aryl methyl sites for hydroxylation is 2. The van der Waals surface area contributed by atoms with Gasteiger partial charge in [0.05, 0.1) is 11.1 Å². The fourth-order valence-electron chi connectivity index (χ4n) is 3.61. The van der Waals surface area contributed by atoms with E-state index in [1.807, 2.05) is 50.2 Å². The number of carbonyl (C=O) groups excluding carboxylic acids is 1. The summed E-state index contributed by atoms with van der Waals surface area (Å²) in [5.41, 5.74) is 3.94. The van der Waals surface area contributed by atoms with E-state index in [0.29, 0.717) is 17.2 Å². The molecular formula is C22H20N2O4. The van der Waals surface area contributed by atoms with E-state index < -0.39 is 5.41 Å². The van der Waals surface area contributed by atoms with Crippen LogP contribution in [0.5, 0.6) is 11.5 Å². The highest BCUT2D eigenvalue weighted by Gasteiger charge is 2.54. The van der Waals surface area contributed by atoms with Gasteiger partial charge in [0.25, 0.3) is 0 Å². The molecule has 1 aliphatic carbocycles. The first-order valence-electron chi connectivity index (χ1n) is 9.31. The molecule has 1 aromatic heterocycles. The fraction of sp³-hybridized carbons (Fsp3) is 0.273. The molecule has 3 aromatic rings. The lowest BCUT2D eigenvalue weighted by Gasteiger charge is -2.14. The average Bonchev–Trinajstić information content (AvgIpc) is 3.13. The molecule has 0 spiro atoms. The van der Waals surface area contributed by atoms with E-state index in [2.05, 4.69) is 16.5 Å². The number of nitrogens with zero attached hydrogens (tertiary/aromatic N) is 1. The van der Waals surface area contributed by atoms with Gasteiger partial charge in [-0.25, -0.2) is 0 Å². The second-order valence-electron chi connectivity index (χ2n) is 7.50. The number of ether oxygens (including phenoxy) is 2. The molecule has 28 heavy (non-hydrogen) atoms. The minimum absolute atomic E-state index is 0.0370. The Hall–Kier alpha value is -3.28. The Morgan fingerprint density at radius 1 is 1.04 bits per heavy atom. The number of benzene rings is 2. The molecule has 0 radical (unpaired) electrons. The predicted octanol–water partition coefficient (Wildman–Crippen LogP) is 4.36. The highest BCUT2D eigenvalue weighted by molar-refractivity contribution is 6.01. The minimum Gasteiger partial charge on any atom is -0.454 e. The first kappa shape index (κ1) is 16.9. The molecule has 142 valence electrons. The molecule has 6 heteroatoms. The molecule has 1 amide bonds. The summed E-state index contributed by atoms with van der Waals surface area (Å²) >= 11 is 0. The van der Waals surface area contributed by atoms with E-state index in [9.17, 15) is 4.79 Å². The molecule has 5 rings (SSSR count).